The molecule has 112 valence electrons. The number of nitrogens with one attached hydrogen (secondary N) is 1. The van der Waals surface area contributed by atoms with Crippen molar-refractivity contribution in [2.24, 2.45) is 0 Å². The van der Waals surface area contributed by atoms with Gasteiger partial charge in [0.15, 0.2) is 0 Å². The van der Waals surface area contributed by atoms with Gasteiger partial charge in [-0.2, -0.15) is 0 Å². The second-order valence-corrected chi connectivity index (χ2v) is 5.69. The van der Waals surface area contributed by atoms with Crippen LogP contribution in [0.4, 0.5) is 4.39 Å². The molecule has 0 heterocycles. The number of hydrogen-bond acceptors (Lipinski definition) is 2. The maximum absolute atomic E-state index is 13.4. The van der Waals surface area contributed by atoms with E-state index in [1.165, 1.54) is 6.07 Å². The lowest BCUT2D eigenvalue weighted by atomic mass is 9.98. The molecule has 0 saturated carbocycles. The standard InChI is InChI=1S/C17H19BrFNO/c1-3-10-20-17(12-4-7-14(21-2)8-5-12)13-6-9-16(19)15(18)11-13/h4-9,11,17,20H,3,10H2,1-2H3. The number of ether oxygens (including phenoxy) is 1. The van der Waals surface area contributed by atoms with Gasteiger partial charge in [-0.05, 0) is 64.3 Å². The molecule has 4 heteroatoms. The van der Waals surface area contributed by atoms with Crippen molar-refractivity contribution in [2.75, 3.05) is 13.7 Å². The second kappa shape index (κ2) is 7.57. The Bertz CT molecular complexity index is 586. The third-order valence-corrected chi connectivity index (χ3v) is 3.93. The van der Waals surface area contributed by atoms with Crippen LogP contribution < -0.4 is 10.1 Å². The summed E-state index contributed by atoms with van der Waals surface area (Å²) in [6.45, 7) is 3.02. The highest BCUT2D eigenvalue weighted by Gasteiger charge is 2.14. The van der Waals surface area contributed by atoms with Crippen LogP contribution in [0.1, 0.15) is 30.5 Å². The van der Waals surface area contributed by atoms with Crippen LogP contribution in [0.25, 0.3) is 0 Å². The predicted molar refractivity (Wildman–Crippen MR) is 87.2 cm³/mol. The first kappa shape index (κ1) is 16.0. The Kier molecular flexibility index (Phi) is 5.76. The molecule has 0 aliphatic rings. The summed E-state index contributed by atoms with van der Waals surface area (Å²) in [6, 6.07) is 13.1. The van der Waals surface area contributed by atoms with Crippen LogP contribution in [0.2, 0.25) is 0 Å². The molecule has 0 aliphatic carbocycles. The largest absolute Gasteiger partial charge is 0.497 e. The molecule has 0 aliphatic heterocycles. The highest BCUT2D eigenvalue weighted by atomic mass is 79.9. The first-order valence-electron chi connectivity index (χ1n) is 6.98. The third kappa shape index (κ3) is 4.05. The molecule has 1 N–H and O–H groups in total. The topological polar surface area (TPSA) is 21.3 Å². The van der Waals surface area contributed by atoms with E-state index in [2.05, 4.69) is 28.2 Å². The van der Waals surface area contributed by atoms with E-state index in [1.807, 2.05) is 36.4 Å². The van der Waals surface area contributed by atoms with Crippen LogP contribution in [0.15, 0.2) is 46.9 Å². The van der Waals surface area contributed by atoms with Crippen molar-refractivity contribution in [3.8, 4) is 5.75 Å². The van der Waals surface area contributed by atoms with Crippen LogP contribution in [0.5, 0.6) is 5.75 Å². The molecule has 0 spiro atoms. The zero-order valence-electron chi connectivity index (χ0n) is 12.2. The fourth-order valence-corrected chi connectivity index (χ4v) is 2.60. The minimum absolute atomic E-state index is 0.0350. The van der Waals surface area contributed by atoms with Gasteiger partial charge in [0, 0.05) is 0 Å². The smallest absolute Gasteiger partial charge is 0.137 e. The van der Waals surface area contributed by atoms with Crippen molar-refractivity contribution < 1.29 is 9.13 Å². The summed E-state index contributed by atoms with van der Waals surface area (Å²) in [4.78, 5) is 0. The Labute approximate surface area is 133 Å². The molecule has 0 aromatic heterocycles. The van der Waals surface area contributed by atoms with Crippen molar-refractivity contribution in [3.63, 3.8) is 0 Å². The van der Waals surface area contributed by atoms with E-state index in [-0.39, 0.29) is 11.9 Å². The Morgan fingerprint density at radius 1 is 1.14 bits per heavy atom. The molecular formula is C17H19BrFNO. The van der Waals surface area contributed by atoms with Crippen molar-refractivity contribution in [1.82, 2.24) is 5.32 Å². The Hall–Kier alpha value is -1.39. The fourth-order valence-electron chi connectivity index (χ4n) is 2.21. The summed E-state index contributed by atoms with van der Waals surface area (Å²) in [5, 5.41) is 3.50. The van der Waals surface area contributed by atoms with Crippen LogP contribution in [0.3, 0.4) is 0 Å². The van der Waals surface area contributed by atoms with Gasteiger partial charge in [-0.1, -0.05) is 25.1 Å². The number of methoxy groups -OCH3 is 1. The van der Waals surface area contributed by atoms with Gasteiger partial charge in [0.2, 0.25) is 0 Å². The van der Waals surface area contributed by atoms with Gasteiger partial charge < -0.3 is 10.1 Å². The zero-order chi connectivity index (χ0) is 15.2. The Morgan fingerprint density at radius 3 is 2.38 bits per heavy atom. The summed E-state index contributed by atoms with van der Waals surface area (Å²) in [5.74, 6) is 0.580. The van der Waals surface area contributed by atoms with Gasteiger partial charge in [-0.25, -0.2) is 4.39 Å². The molecule has 0 bridgehead atoms. The number of hydrogen-bond donors (Lipinski definition) is 1. The van der Waals surface area contributed by atoms with Gasteiger partial charge in [-0.15, -0.1) is 0 Å². The second-order valence-electron chi connectivity index (χ2n) is 4.83. The van der Waals surface area contributed by atoms with E-state index in [0.717, 1.165) is 29.8 Å². The molecular weight excluding hydrogens is 333 g/mol. The first-order chi connectivity index (χ1) is 10.2. The zero-order valence-corrected chi connectivity index (χ0v) is 13.8. The molecule has 0 amide bonds. The highest BCUT2D eigenvalue weighted by molar-refractivity contribution is 9.10. The SMILES string of the molecule is CCCNC(c1ccc(OC)cc1)c1ccc(F)c(Br)c1. The maximum Gasteiger partial charge on any atom is 0.137 e. The van der Waals surface area contributed by atoms with Gasteiger partial charge in [0.25, 0.3) is 0 Å². The molecule has 21 heavy (non-hydrogen) atoms. The summed E-state index contributed by atoms with van der Waals surface area (Å²) < 4.78 is 19.1. The Balaban J connectivity index is 2.33. The van der Waals surface area contributed by atoms with Crippen LogP contribution in [-0.4, -0.2) is 13.7 Å². The molecule has 0 saturated heterocycles. The third-order valence-electron chi connectivity index (χ3n) is 3.32. The fraction of sp³-hybridized carbons (Fsp3) is 0.294. The summed E-state index contributed by atoms with van der Waals surface area (Å²) in [6.07, 6.45) is 1.04. The lowest BCUT2D eigenvalue weighted by Crippen LogP contribution is -2.23. The summed E-state index contributed by atoms with van der Waals surface area (Å²) in [7, 11) is 1.65. The Morgan fingerprint density at radius 2 is 1.81 bits per heavy atom. The molecule has 2 nitrogen and oxygen atoms in total. The minimum Gasteiger partial charge on any atom is -0.497 e. The minimum atomic E-state index is -0.247. The van der Waals surface area contributed by atoms with Gasteiger partial charge >= 0.3 is 0 Å². The number of halogens is 2. The lowest BCUT2D eigenvalue weighted by Gasteiger charge is -2.20. The summed E-state index contributed by atoms with van der Waals surface area (Å²) >= 11 is 3.26. The van der Waals surface area contributed by atoms with Gasteiger partial charge in [0.05, 0.1) is 17.6 Å². The predicted octanol–water partition coefficient (Wildman–Crippen LogP) is 4.69. The molecule has 0 fully saturated rings. The number of benzene rings is 2. The lowest BCUT2D eigenvalue weighted by molar-refractivity contribution is 0.414. The first-order valence-corrected chi connectivity index (χ1v) is 7.77. The van der Waals surface area contributed by atoms with Crippen molar-refractivity contribution in [2.45, 2.75) is 19.4 Å². The molecule has 2 rings (SSSR count). The van der Waals surface area contributed by atoms with Gasteiger partial charge in [-0.3, -0.25) is 0 Å². The average molecular weight is 352 g/mol. The van der Waals surface area contributed by atoms with Crippen molar-refractivity contribution in [3.05, 3.63) is 63.9 Å². The van der Waals surface area contributed by atoms with E-state index >= 15 is 0 Å². The van der Waals surface area contributed by atoms with Crippen LogP contribution in [0, 0.1) is 5.82 Å². The van der Waals surface area contributed by atoms with E-state index in [1.54, 1.807) is 7.11 Å². The monoisotopic (exact) mass is 351 g/mol. The van der Waals surface area contributed by atoms with E-state index in [9.17, 15) is 4.39 Å². The van der Waals surface area contributed by atoms with E-state index in [4.69, 9.17) is 4.74 Å². The van der Waals surface area contributed by atoms with Gasteiger partial charge in [0.1, 0.15) is 11.6 Å². The normalized spacial score (nSPS) is 12.2. The van der Waals surface area contributed by atoms with Crippen LogP contribution in [-0.2, 0) is 0 Å². The quantitative estimate of drug-likeness (QED) is 0.815. The molecule has 2 aromatic rings. The molecule has 1 atom stereocenters. The molecule has 1 unspecified atom stereocenters. The summed E-state index contributed by atoms with van der Waals surface area (Å²) in [5.41, 5.74) is 2.16. The van der Waals surface area contributed by atoms with E-state index < -0.39 is 0 Å². The molecule has 2 aromatic carbocycles. The van der Waals surface area contributed by atoms with Crippen LogP contribution >= 0.6 is 15.9 Å². The number of rotatable bonds is 6. The average Bonchev–Trinajstić information content (AvgIpc) is 2.51. The molecule has 0 radical (unpaired) electrons. The highest BCUT2D eigenvalue weighted by Crippen LogP contribution is 2.27. The van der Waals surface area contributed by atoms with E-state index in [0.29, 0.717) is 4.47 Å². The van der Waals surface area contributed by atoms with Crippen molar-refractivity contribution in [1.29, 1.82) is 0 Å². The van der Waals surface area contributed by atoms with Crippen molar-refractivity contribution >= 4 is 15.9 Å². The maximum atomic E-state index is 13.4.